The Kier molecular flexibility index (Phi) is 10.4. The van der Waals surface area contributed by atoms with Gasteiger partial charge in [0.15, 0.2) is 0 Å². The van der Waals surface area contributed by atoms with E-state index in [0.29, 0.717) is 29.7 Å². The van der Waals surface area contributed by atoms with Crippen molar-refractivity contribution in [1.29, 1.82) is 0 Å². The number of methoxy groups -OCH3 is 1. The van der Waals surface area contributed by atoms with Gasteiger partial charge in [-0.15, -0.1) is 0 Å². The molecule has 0 spiro atoms. The standard InChI is InChI=1S/C17H20O6.2Na.2H/c1-9(5-7-13(18)19)4-6-11-15(20)14-12(8-23-17(14)21)10(2)16(11)22-3;;;;/h4,20H,5-8H2,1-3H3,(H,18,19);;;;/q;2*+1;2*-1/b9-4+;;;;. The number of benzene rings is 1. The minimum absolute atomic E-state index is 0. The van der Waals surface area contributed by atoms with Gasteiger partial charge < -0.3 is 22.5 Å². The minimum Gasteiger partial charge on any atom is -1.00 e. The number of aliphatic carboxylic acids is 1. The molecule has 1 aliphatic rings. The number of allylic oxidation sites excluding steroid dienone is 2. The van der Waals surface area contributed by atoms with Crippen LogP contribution in [0.3, 0.4) is 0 Å². The van der Waals surface area contributed by atoms with Gasteiger partial charge in [-0.1, -0.05) is 11.6 Å². The molecule has 2 N–H and O–H groups in total. The second-order valence-corrected chi connectivity index (χ2v) is 5.56. The Bertz CT molecular complexity index is 707. The van der Waals surface area contributed by atoms with Gasteiger partial charge in [-0.05, 0) is 32.3 Å². The molecule has 0 aromatic heterocycles. The number of rotatable bonds is 6. The van der Waals surface area contributed by atoms with E-state index >= 15 is 0 Å². The van der Waals surface area contributed by atoms with Crippen LogP contribution in [0.2, 0.25) is 0 Å². The van der Waals surface area contributed by atoms with Crippen LogP contribution in [-0.4, -0.2) is 29.3 Å². The first-order valence-corrected chi connectivity index (χ1v) is 7.32. The zero-order chi connectivity index (χ0) is 17.1. The third kappa shape index (κ3) is 5.49. The van der Waals surface area contributed by atoms with E-state index in [1.54, 1.807) is 0 Å². The smallest absolute Gasteiger partial charge is 1.00 e. The first-order chi connectivity index (χ1) is 10.9. The van der Waals surface area contributed by atoms with Crippen LogP contribution in [0.25, 0.3) is 0 Å². The number of carbonyl (C=O) groups is 2. The predicted octanol–water partition coefficient (Wildman–Crippen LogP) is -3.03. The zero-order valence-corrected chi connectivity index (χ0v) is 19.4. The molecule has 128 valence electrons. The average molecular weight is 368 g/mol. The first kappa shape index (κ1) is 24.5. The number of esters is 1. The molecule has 0 amide bonds. The summed E-state index contributed by atoms with van der Waals surface area (Å²) in [6, 6.07) is 0. The average Bonchev–Trinajstić information content (AvgIpc) is 2.89. The van der Waals surface area contributed by atoms with Gasteiger partial charge in [-0.2, -0.15) is 0 Å². The summed E-state index contributed by atoms with van der Waals surface area (Å²) >= 11 is 0. The van der Waals surface area contributed by atoms with Gasteiger partial charge in [0.25, 0.3) is 0 Å². The Hall–Kier alpha value is -0.500. The molecule has 1 aromatic carbocycles. The van der Waals surface area contributed by atoms with E-state index in [2.05, 4.69) is 0 Å². The van der Waals surface area contributed by atoms with Crippen LogP contribution >= 0.6 is 0 Å². The van der Waals surface area contributed by atoms with Crippen molar-refractivity contribution in [2.75, 3.05) is 7.11 Å². The molecule has 0 radical (unpaired) electrons. The first-order valence-electron chi connectivity index (χ1n) is 7.32. The van der Waals surface area contributed by atoms with Crippen molar-refractivity contribution in [3.8, 4) is 11.5 Å². The summed E-state index contributed by atoms with van der Waals surface area (Å²) in [6.45, 7) is 3.79. The summed E-state index contributed by atoms with van der Waals surface area (Å²) in [5, 5.41) is 19.1. The summed E-state index contributed by atoms with van der Waals surface area (Å²) in [5.41, 5.74) is 3.04. The molecule has 0 saturated heterocycles. The number of fused-ring (bicyclic) bond motifs is 1. The maximum atomic E-state index is 11.8. The molecule has 8 heteroatoms. The molecule has 0 saturated carbocycles. The SMILES string of the molecule is COc1c(C)c2c(c(O)c1C/C=C(\C)CCC(=O)O)C(=O)OC2.[H-].[H-].[Na+].[Na+]. The number of hydrogen-bond acceptors (Lipinski definition) is 5. The van der Waals surface area contributed by atoms with Crippen LogP contribution in [0.15, 0.2) is 11.6 Å². The van der Waals surface area contributed by atoms with Crippen LogP contribution in [0.5, 0.6) is 11.5 Å². The molecule has 0 bridgehead atoms. The topological polar surface area (TPSA) is 93.1 Å². The molecular weight excluding hydrogens is 346 g/mol. The van der Waals surface area contributed by atoms with Crippen molar-refractivity contribution < 1.29 is 91.2 Å². The number of phenols is 1. The fourth-order valence-electron chi connectivity index (χ4n) is 2.71. The Morgan fingerprint density at radius 2 is 2.00 bits per heavy atom. The molecule has 1 aromatic rings. The van der Waals surface area contributed by atoms with Crippen molar-refractivity contribution in [3.63, 3.8) is 0 Å². The van der Waals surface area contributed by atoms with Crippen LogP contribution in [0.4, 0.5) is 0 Å². The minimum atomic E-state index is -0.853. The Morgan fingerprint density at radius 1 is 1.36 bits per heavy atom. The van der Waals surface area contributed by atoms with E-state index in [1.807, 2.05) is 19.9 Å². The van der Waals surface area contributed by atoms with Crippen molar-refractivity contribution in [2.45, 2.75) is 39.7 Å². The van der Waals surface area contributed by atoms with Crippen molar-refractivity contribution >= 4 is 11.9 Å². The van der Waals surface area contributed by atoms with Crippen molar-refractivity contribution in [2.24, 2.45) is 0 Å². The summed E-state index contributed by atoms with van der Waals surface area (Å²) < 4.78 is 10.4. The van der Waals surface area contributed by atoms with Crippen LogP contribution in [0.1, 0.15) is 49.7 Å². The molecule has 0 fully saturated rings. The van der Waals surface area contributed by atoms with Gasteiger partial charge in [0, 0.05) is 17.5 Å². The molecule has 2 rings (SSSR count). The van der Waals surface area contributed by atoms with E-state index in [4.69, 9.17) is 14.6 Å². The molecule has 25 heavy (non-hydrogen) atoms. The number of carboxylic acids is 1. The Morgan fingerprint density at radius 3 is 2.56 bits per heavy atom. The third-order valence-electron chi connectivity index (χ3n) is 4.04. The molecule has 0 aliphatic carbocycles. The normalized spacial score (nSPS) is 12.6. The van der Waals surface area contributed by atoms with Crippen LogP contribution < -0.4 is 63.9 Å². The largest absolute Gasteiger partial charge is 1.00 e. The third-order valence-corrected chi connectivity index (χ3v) is 4.04. The molecule has 0 unspecified atom stereocenters. The summed E-state index contributed by atoms with van der Waals surface area (Å²) in [4.78, 5) is 22.4. The molecule has 1 aliphatic heterocycles. The van der Waals surface area contributed by atoms with E-state index in [0.717, 1.165) is 11.1 Å². The number of hydrogen-bond donors (Lipinski definition) is 2. The van der Waals surface area contributed by atoms with E-state index in [-0.39, 0.29) is 86.3 Å². The maximum Gasteiger partial charge on any atom is 1.00 e. The second-order valence-electron chi connectivity index (χ2n) is 5.56. The monoisotopic (exact) mass is 368 g/mol. The summed E-state index contributed by atoms with van der Waals surface area (Å²) in [5.74, 6) is -0.973. The summed E-state index contributed by atoms with van der Waals surface area (Å²) in [6.07, 6.45) is 2.68. The number of aromatic hydroxyl groups is 1. The van der Waals surface area contributed by atoms with Gasteiger partial charge in [0.2, 0.25) is 0 Å². The van der Waals surface area contributed by atoms with Gasteiger partial charge in [-0.3, -0.25) is 4.79 Å². The predicted molar refractivity (Wildman–Crippen MR) is 85.1 cm³/mol. The van der Waals surface area contributed by atoms with Crippen LogP contribution in [-0.2, 0) is 22.6 Å². The molecule has 0 atom stereocenters. The number of ether oxygens (including phenoxy) is 2. The van der Waals surface area contributed by atoms with E-state index in [9.17, 15) is 14.7 Å². The Labute approximate surface area is 194 Å². The number of carbonyl (C=O) groups excluding carboxylic acids is 1. The Balaban J connectivity index is -0.00000144. The maximum absolute atomic E-state index is 11.8. The molecule has 6 nitrogen and oxygen atoms in total. The van der Waals surface area contributed by atoms with E-state index < -0.39 is 11.9 Å². The quantitative estimate of drug-likeness (QED) is 0.315. The van der Waals surface area contributed by atoms with Crippen molar-refractivity contribution in [1.82, 2.24) is 0 Å². The second kappa shape index (κ2) is 10.6. The van der Waals surface area contributed by atoms with Crippen molar-refractivity contribution in [3.05, 3.63) is 33.9 Å². The zero-order valence-electron chi connectivity index (χ0n) is 17.4. The number of cyclic esters (lactones) is 1. The fourth-order valence-corrected chi connectivity index (χ4v) is 2.71. The van der Waals surface area contributed by atoms with Gasteiger partial charge in [0.1, 0.15) is 23.7 Å². The van der Waals surface area contributed by atoms with Gasteiger partial charge >= 0.3 is 71.1 Å². The molecule has 1 heterocycles. The number of carboxylic acid groups (broad SMARTS) is 1. The fraction of sp³-hybridized carbons (Fsp3) is 0.412. The number of phenolic OH excluding ortho intramolecular Hbond substituents is 1. The van der Waals surface area contributed by atoms with Gasteiger partial charge in [0.05, 0.1) is 7.11 Å². The summed E-state index contributed by atoms with van der Waals surface area (Å²) in [7, 11) is 1.51. The molecular formula is C17H22Na2O6. The van der Waals surface area contributed by atoms with Gasteiger partial charge in [-0.25, -0.2) is 4.79 Å². The van der Waals surface area contributed by atoms with E-state index in [1.165, 1.54) is 7.11 Å². The van der Waals surface area contributed by atoms with Crippen LogP contribution in [0, 0.1) is 6.92 Å².